The number of hydrogen-bond donors (Lipinski definition) is 0. The molecule has 2 aromatic carbocycles. The van der Waals surface area contributed by atoms with E-state index >= 15 is 0 Å². The van der Waals surface area contributed by atoms with Crippen LogP contribution in [-0.2, 0) is 11.3 Å². The minimum absolute atomic E-state index is 0.124. The Kier molecular flexibility index (Phi) is 7.40. The fourth-order valence-corrected chi connectivity index (χ4v) is 4.37. The van der Waals surface area contributed by atoms with Gasteiger partial charge in [0.2, 0.25) is 0 Å². The highest BCUT2D eigenvalue weighted by molar-refractivity contribution is 7.80. The highest BCUT2D eigenvalue weighted by atomic mass is 35.5. The van der Waals surface area contributed by atoms with E-state index in [-0.39, 0.29) is 5.91 Å². The number of nitrogens with zero attached hydrogens (tertiary/aromatic N) is 4. The number of amides is 1. The summed E-state index contributed by atoms with van der Waals surface area (Å²) in [5.41, 5.74) is 1.36. The van der Waals surface area contributed by atoms with E-state index in [1.807, 2.05) is 51.0 Å². The van der Waals surface area contributed by atoms with E-state index in [1.165, 1.54) is 10.5 Å². The number of thiocarbonyl (C=S) groups is 1. The van der Waals surface area contributed by atoms with Gasteiger partial charge in [0.15, 0.2) is 5.11 Å². The van der Waals surface area contributed by atoms with Crippen LogP contribution >= 0.6 is 23.8 Å². The van der Waals surface area contributed by atoms with Crippen LogP contribution in [0.5, 0.6) is 5.75 Å². The predicted molar refractivity (Wildman–Crippen MR) is 131 cm³/mol. The van der Waals surface area contributed by atoms with E-state index in [2.05, 4.69) is 17.0 Å². The van der Waals surface area contributed by atoms with Crippen molar-refractivity contribution in [2.45, 2.75) is 32.4 Å². The molecular weight excluding hydrogens is 444 g/mol. The molecule has 3 rings (SSSR count). The summed E-state index contributed by atoms with van der Waals surface area (Å²) in [6.45, 7) is 5.70. The summed E-state index contributed by atoms with van der Waals surface area (Å²) in [6, 6.07) is 15.0. The number of nitriles is 1. The van der Waals surface area contributed by atoms with Gasteiger partial charge in [-0.1, -0.05) is 23.7 Å². The molecule has 0 saturated carbocycles. The van der Waals surface area contributed by atoms with E-state index in [1.54, 1.807) is 18.2 Å². The van der Waals surface area contributed by atoms with Gasteiger partial charge in [-0.05, 0) is 82.5 Å². The van der Waals surface area contributed by atoms with E-state index in [4.69, 9.17) is 33.8 Å². The van der Waals surface area contributed by atoms with Gasteiger partial charge in [0.25, 0.3) is 5.91 Å². The largest absolute Gasteiger partial charge is 0.494 e. The van der Waals surface area contributed by atoms with E-state index in [9.17, 15) is 4.79 Å². The van der Waals surface area contributed by atoms with Gasteiger partial charge in [0, 0.05) is 13.1 Å². The van der Waals surface area contributed by atoms with E-state index < -0.39 is 5.54 Å². The SMILES string of the molecule is CN(C)Cc1ccc(OCCCN2C(=S)N(c3ccc(C#N)c(Cl)c3)C(=O)C2(C)C)cc1. The Morgan fingerprint density at radius 1 is 1.19 bits per heavy atom. The summed E-state index contributed by atoms with van der Waals surface area (Å²) in [5, 5.41) is 9.81. The molecule has 0 aromatic heterocycles. The summed E-state index contributed by atoms with van der Waals surface area (Å²) in [7, 11) is 4.08. The van der Waals surface area contributed by atoms with Crippen LogP contribution in [-0.4, -0.2) is 53.6 Å². The van der Waals surface area contributed by atoms with Crippen LogP contribution in [0, 0.1) is 11.3 Å². The molecule has 0 unspecified atom stereocenters. The first-order valence-electron chi connectivity index (χ1n) is 10.4. The molecule has 1 heterocycles. The number of benzene rings is 2. The zero-order valence-electron chi connectivity index (χ0n) is 18.8. The fourth-order valence-electron chi connectivity index (χ4n) is 3.64. The maximum absolute atomic E-state index is 13.1. The Hall–Kier alpha value is -2.66. The van der Waals surface area contributed by atoms with E-state index in [0.29, 0.717) is 41.0 Å². The number of anilines is 1. The molecule has 1 amide bonds. The first-order valence-corrected chi connectivity index (χ1v) is 11.2. The molecule has 1 saturated heterocycles. The molecule has 0 aliphatic carbocycles. The van der Waals surface area contributed by atoms with Gasteiger partial charge in [0.1, 0.15) is 17.4 Å². The van der Waals surface area contributed by atoms with Crippen LogP contribution in [0.25, 0.3) is 0 Å². The lowest BCUT2D eigenvalue weighted by Crippen LogP contribution is -2.44. The Balaban J connectivity index is 1.62. The first-order chi connectivity index (χ1) is 15.1. The van der Waals surface area contributed by atoms with Gasteiger partial charge in [-0.3, -0.25) is 9.69 Å². The zero-order chi connectivity index (χ0) is 23.5. The smallest absolute Gasteiger partial charge is 0.258 e. The number of carbonyl (C=O) groups excluding carboxylic acids is 1. The first kappa shape index (κ1) is 24.0. The highest BCUT2D eigenvalue weighted by Crippen LogP contribution is 2.34. The van der Waals surface area contributed by atoms with E-state index in [0.717, 1.165) is 12.3 Å². The van der Waals surface area contributed by atoms with Crippen molar-refractivity contribution in [3.8, 4) is 11.8 Å². The summed E-state index contributed by atoms with van der Waals surface area (Å²) in [5.74, 6) is 0.696. The summed E-state index contributed by atoms with van der Waals surface area (Å²) in [6.07, 6.45) is 0.707. The van der Waals surface area contributed by atoms with Crippen LogP contribution in [0.15, 0.2) is 42.5 Å². The molecule has 32 heavy (non-hydrogen) atoms. The quantitative estimate of drug-likeness (QED) is 0.419. The summed E-state index contributed by atoms with van der Waals surface area (Å²) < 4.78 is 5.88. The minimum atomic E-state index is -0.786. The second kappa shape index (κ2) is 9.86. The topological polar surface area (TPSA) is 59.8 Å². The molecule has 1 fully saturated rings. The Labute approximate surface area is 199 Å². The monoisotopic (exact) mass is 470 g/mol. The molecule has 1 aliphatic heterocycles. The third kappa shape index (κ3) is 5.04. The number of hydrogen-bond acceptors (Lipinski definition) is 5. The lowest BCUT2D eigenvalue weighted by atomic mass is 10.0. The maximum Gasteiger partial charge on any atom is 0.258 e. The molecule has 6 nitrogen and oxygen atoms in total. The molecule has 0 atom stereocenters. The average Bonchev–Trinajstić information content (AvgIpc) is 2.90. The van der Waals surface area contributed by atoms with Crippen LogP contribution in [0.3, 0.4) is 0 Å². The molecule has 0 bridgehead atoms. The molecule has 0 radical (unpaired) electrons. The second-order valence-electron chi connectivity index (χ2n) is 8.49. The van der Waals surface area contributed by atoms with Crippen LogP contribution < -0.4 is 9.64 Å². The van der Waals surface area contributed by atoms with Gasteiger partial charge in [-0.25, -0.2) is 0 Å². The zero-order valence-corrected chi connectivity index (χ0v) is 20.3. The van der Waals surface area contributed by atoms with Crippen molar-refractivity contribution in [1.29, 1.82) is 5.26 Å². The van der Waals surface area contributed by atoms with Gasteiger partial charge >= 0.3 is 0 Å². The Morgan fingerprint density at radius 2 is 1.88 bits per heavy atom. The number of ether oxygens (including phenoxy) is 1. The van der Waals surface area contributed by atoms with Gasteiger partial charge < -0.3 is 14.5 Å². The highest BCUT2D eigenvalue weighted by Gasteiger charge is 2.49. The molecule has 1 aliphatic rings. The van der Waals surface area contributed by atoms with Crippen molar-refractivity contribution in [3.05, 3.63) is 58.6 Å². The van der Waals surface area contributed by atoms with Crippen LogP contribution in [0.2, 0.25) is 5.02 Å². The lowest BCUT2D eigenvalue weighted by Gasteiger charge is -2.29. The van der Waals surface area contributed by atoms with Crippen molar-refractivity contribution in [2.75, 3.05) is 32.1 Å². The summed E-state index contributed by atoms with van der Waals surface area (Å²) >= 11 is 11.8. The standard InChI is InChI=1S/C24H27ClN4O2S/c1-24(2)22(30)29(19-9-8-18(15-26)21(25)14-19)23(32)28(24)12-5-13-31-20-10-6-17(7-11-20)16-27(3)4/h6-11,14H,5,12-13,16H2,1-4H3. The number of halogens is 1. The van der Waals surface area contributed by atoms with Crippen LogP contribution in [0.4, 0.5) is 5.69 Å². The molecule has 0 N–H and O–H groups in total. The molecule has 8 heteroatoms. The van der Waals surface area contributed by atoms with Crippen molar-refractivity contribution in [2.24, 2.45) is 0 Å². The Morgan fingerprint density at radius 3 is 2.47 bits per heavy atom. The van der Waals surface area contributed by atoms with Crippen molar-refractivity contribution in [3.63, 3.8) is 0 Å². The second-order valence-corrected chi connectivity index (χ2v) is 9.27. The van der Waals surface area contributed by atoms with Crippen molar-refractivity contribution >= 4 is 40.5 Å². The predicted octanol–water partition coefficient (Wildman–Crippen LogP) is 4.45. The molecule has 2 aromatic rings. The molecular formula is C24H27ClN4O2S. The van der Waals surface area contributed by atoms with Gasteiger partial charge in [-0.2, -0.15) is 5.26 Å². The normalized spacial score (nSPS) is 15.4. The minimum Gasteiger partial charge on any atom is -0.494 e. The fraction of sp³-hybridized carbons (Fsp3) is 0.375. The van der Waals surface area contributed by atoms with Crippen molar-refractivity contribution in [1.82, 2.24) is 9.80 Å². The third-order valence-electron chi connectivity index (χ3n) is 5.37. The Bertz CT molecular complexity index is 1050. The molecule has 0 spiro atoms. The number of carbonyl (C=O) groups is 1. The van der Waals surface area contributed by atoms with Crippen molar-refractivity contribution < 1.29 is 9.53 Å². The van der Waals surface area contributed by atoms with Gasteiger partial charge in [-0.15, -0.1) is 0 Å². The maximum atomic E-state index is 13.1. The number of rotatable bonds is 8. The van der Waals surface area contributed by atoms with Gasteiger partial charge in [0.05, 0.1) is 22.9 Å². The molecule has 168 valence electrons. The summed E-state index contributed by atoms with van der Waals surface area (Å²) in [4.78, 5) is 18.7. The lowest BCUT2D eigenvalue weighted by molar-refractivity contribution is -0.123. The third-order valence-corrected chi connectivity index (χ3v) is 6.09. The van der Waals surface area contributed by atoms with Crippen LogP contribution in [0.1, 0.15) is 31.4 Å². The average molecular weight is 471 g/mol.